The lowest BCUT2D eigenvalue weighted by Crippen LogP contribution is -2.58. The van der Waals surface area contributed by atoms with Crippen LogP contribution in [0.3, 0.4) is 0 Å². The molecule has 0 aliphatic rings. The Kier molecular flexibility index (Phi) is 21.1. The molecule has 0 aliphatic carbocycles. The Labute approximate surface area is 403 Å². The number of hydrogen-bond donors (Lipinski definition) is 9. The molecule has 0 radical (unpaired) electrons. The second-order valence-corrected chi connectivity index (χ2v) is 17.8. The van der Waals surface area contributed by atoms with Gasteiger partial charge in [0.25, 0.3) is 0 Å². The highest BCUT2D eigenvalue weighted by atomic mass is 19.1. The standard InChI is InChI=1S/C47H63F2N9O12/c1-26(50)45(68)56(6)27(2)42(65)55-35(22-37(51)60)44(67)54-33(43(66)52-18-16-38(61)53-34(46(69)70)14-15-40(63)64)17-19-58(39(62)25-59)41(47(3,4)5)36-20-29(31-21-30(48)12-13-32(31)49)24-57(36)23-28-10-8-7-9-11-28/h7-13,20-21,24,26-27,33-35,41,59H,14-19,22-23,25,50H2,1-6H3,(H2,51,60)(H,52,66)(H,53,61)(H,54,67)(H,55,65)(H,63,64)(H,69,70)/t26-,27-,33-,34+,35-,41-/m0/s1. The SMILES string of the molecule is C[C@H](N)C(=O)N(C)[C@@H](C)C(=O)N[C@@H](CC(N)=O)C(=O)N[C@@H](CCN(C(=O)CO)[C@@H](c1cc(-c2cc(F)ccc2F)cn1Cc1ccccc1)C(C)(C)C)C(=O)NCCC(=O)N[C@H](CCC(=O)O)C(=O)O. The number of amides is 7. The number of carboxylic acid groups (broad SMARTS) is 2. The van der Waals surface area contributed by atoms with Crippen LogP contribution in [0.4, 0.5) is 8.78 Å². The molecular weight excluding hydrogens is 921 g/mol. The number of primary amides is 1. The molecule has 11 N–H and O–H groups in total. The summed E-state index contributed by atoms with van der Waals surface area (Å²) < 4.78 is 31.6. The third-order valence-corrected chi connectivity index (χ3v) is 11.2. The number of nitrogens with zero attached hydrogens (tertiary/aromatic N) is 3. The van der Waals surface area contributed by atoms with Crippen LogP contribution in [0.2, 0.25) is 0 Å². The van der Waals surface area contributed by atoms with E-state index in [1.807, 2.05) is 18.2 Å². The Balaban J connectivity index is 2.09. The van der Waals surface area contributed by atoms with E-state index in [1.54, 1.807) is 49.7 Å². The average Bonchev–Trinajstić information content (AvgIpc) is 3.69. The molecule has 3 rings (SSSR count). The lowest BCUT2D eigenvalue weighted by Gasteiger charge is -2.41. The number of nitrogens with one attached hydrogen (secondary N) is 4. The van der Waals surface area contributed by atoms with Gasteiger partial charge in [-0.3, -0.25) is 38.4 Å². The van der Waals surface area contributed by atoms with Crippen molar-refractivity contribution in [3.8, 4) is 11.1 Å². The van der Waals surface area contributed by atoms with Crippen LogP contribution in [0, 0.1) is 17.0 Å². The number of carboxylic acids is 2. The largest absolute Gasteiger partial charge is 0.481 e. The van der Waals surface area contributed by atoms with Gasteiger partial charge < -0.3 is 62.4 Å². The number of rotatable bonds is 26. The van der Waals surface area contributed by atoms with Gasteiger partial charge in [0.2, 0.25) is 41.4 Å². The van der Waals surface area contributed by atoms with E-state index < -0.39 is 158 Å². The molecule has 23 heteroatoms. The Hall–Kier alpha value is -7.27. The minimum atomic E-state index is -1.73. The van der Waals surface area contributed by atoms with E-state index in [2.05, 4.69) is 21.3 Å². The van der Waals surface area contributed by atoms with Crippen molar-refractivity contribution < 1.29 is 67.3 Å². The maximum Gasteiger partial charge on any atom is 0.326 e. The van der Waals surface area contributed by atoms with Gasteiger partial charge in [-0.2, -0.15) is 0 Å². The van der Waals surface area contributed by atoms with Crippen molar-refractivity contribution in [3.05, 3.63) is 83.7 Å². The maximum atomic E-state index is 15.3. The molecule has 382 valence electrons. The van der Waals surface area contributed by atoms with Gasteiger partial charge in [0.1, 0.15) is 42.4 Å². The van der Waals surface area contributed by atoms with Crippen LogP contribution in [-0.4, -0.2) is 140 Å². The van der Waals surface area contributed by atoms with Gasteiger partial charge in [0, 0.05) is 62.5 Å². The summed E-state index contributed by atoms with van der Waals surface area (Å²) in [6.07, 6.45) is -1.16. The van der Waals surface area contributed by atoms with Gasteiger partial charge in [-0.05, 0) is 61.9 Å². The third-order valence-electron chi connectivity index (χ3n) is 11.2. The average molecular weight is 984 g/mol. The molecule has 6 atom stereocenters. The monoisotopic (exact) mass is 983 g/mol. The minimum Gasteiger partial charge on any atom is -0.481 e. The first-order valence-corrected chi connectivity index (χ1v) is 22.3. The second kappa shape index (κ2) is 25.9. The number of aromatic nitrogens is 1. The summed E-state index contributed by atoms with van der Waals surface area (Å²) in [6.45, 7) is 6.35. The van der Waals surface area contributed by atoms with Gasteiger partial charge in [0.15, 0.2) is 0 Å². The van der Waals surface area contributed by atoms with E-state index in [0.717, 1.165) is 28.7 Å². The topological polar surface area (TPSA) is 326 Å². The van der Waals surface area contributed by atoms with Gasteiger partial charge in [-0.15, -0.1) is 0 Å². The van der Waals surface area contributed by atoms with Crippen molar-refractivity contribution in [2.24, 2.45) is 16.9 Å². The number of benzene rings is 2. The Morgan fingerprint density at radius 2 is 1.46 bits per heavy atom. The van der Waals surface area contributed by atoms with Crippen molar-refractivity contribution in [1.29, 1.82) is 0 Å². The van der Waals surface area contributed by atoms with E-state index in [0.29, 0.717) is 5.69 Å². The van der Waals surface area contributed by atoms with Crippen molar-refractivity contribution in [2.75, 3.05) is 26.7 Å². The molecule has 1 heterocycles. The number of aliphatic hydroxyl groups is 1. The number of hydrogen-bond acceptors (Lipinski definition) is 11. The summed E-state index contributed by atoms with van der Waals surface area (Å²) in [5.41, 5.74) is 11.6. The number of halogens is 2. The molecule has 0 saturated heterocycles. The van der Waals surface area contributed by atoms with Gasteiger partial charge in [-0.1, -0.05) is 51.1 Å². The summed E-state index contributed by atoms with van der Waals surface area (Å²) >= 11 is 0. The fourth-order valence-electron chi connectivity index (χ4n) is 7.51. The summed E-state index contributed by atoms with van der Waals surface area (Å²) in [6, 6.07) is 5.49. The van der Waals surface area contributed by atoms with Crippen molar-refractivity contribution in [1.82, 2.24) is 35.6 Å². The summed E-state index contributed by atoms with van der Waals surface area (Å²) in [7, 11) is 1.29. The zero-order valence-corrected chi connectivity index (χ0v) is 39.9. The van der Waals surface area contributed by atoms with Gasteiger partial charge >= 0.3 is 11.9 Å². The molecular formula is C47H63F2N9O12. The predicted octanol–water partition coefficient (Wildman–Crippen LogP) is 0.759. The van der Waals surface area contributed by atoms with Crippen molar-refractivity contribution in [3.63, 3.8) is 0 Å². The van der Waals surface area contributed by atoms with E-state index in [4.69, 9.17) is 16.6 Å². The van der Waals surface area contributed by atoms with Crippen LogP contribution in [0.15, 0.2) is 60.8 Å². The van der Waals surface area contributed by atoms with Crippen LogP contribution >= 0.6 is 0 Å². The Bertz CT molecular complexity index is 2370. The first-order valence-electron chi connectivity index (χ1n) is 22.3. The number of carbonyl (C=O) groups is 9. The first-order chi connectivity index (χ1) is 32.7. The zero-order chi connectivity index (χ0) is 52.6. The normalized spacial score (nSPS) is 13.9. The van der Waals surface area contributed by atoms with Crippen LogP contribution in [0.1, 0.15) is 84.0 Å². The molecule has 70 heavy (non-hydrogen) atoms. The number of nitrogens with two attached hydrogens (primary N) is 2. The molecule has 0 fully saturated rings. The van der Waals surface area contributed by atoms with Crippen LogP contribution in [0.5, 0.6) is 0 Å². The molecule has 0 saturated carbocycles. The molecule has 2 aromatic carbocycles. The van der Waals surface area contributed by atoms with E-state index >= 15 is 4.39 Å². The molecule has 3 aromatic rings. The lowest BCUT2D eigenvalue weighted by molar-refractivity contribution is -0.143. The minimum absolute atomic E-state index is 0.0770. The quantitative estimate of drug-likeness (QED) is 0.0537. The van der Waals surface area contributed by atoms with Gasteiger partial charge in [-0.25, -0.2) is 13.6 Å². The number of carbonyl (C=O) groups excluding carboxylic acids is 7. The molecule has 7 amide bonds. The van der Waals surface area contributed by atoms with Crippen molar-refractivity contribution >= 4 is 53.3 Å². The van der Waals surface area contributed by atoms with E-state index in [-0.39, 0.29) is 17.7 Å². The van der Waals surface area contributed by atoms with E-state index in [9.17, 15) is 57.8 Å². The summed E-state index contributed by atoms with van der Waals surface area (Å²) in [4.78, 5) is 118. The lowest BCUT2D eigenvalue weighted by atomic mass is 9.82. The fourth-order valence-corrected chi connectivity index (χ4v) is 7.51. The molecule has 0 unspecified atom stereocenters. The highest BCUT2D eigenvalue weighted by Crippen LogP contribution is 2.41. The van der Waals surface area contributed by atoms with Crippen molar-refractivity contribution in [2.45, 2.75) is 110 Å². The summed E-state index contributed by atoms with van der Waals surface area (Å²) in [5, 5.41) is 38.3. The zero-order valence-electron chi connectivity index (χ0n) is 39.9. The van der Waals surface area contributed by atoms with Crippen LogP contribution < -0.4 is 32.7 Å². The highest BCUT2D eigenvalue weighted by molar-refractivity contribution is 5.96. The number of aliphatic carboxylic acids is 2. The summed E-state index contributed by atoms with van der Waals surface area (Å²) in [5.74, 6) is -10.6. The predicted molar refractivity (Wildman–Crippen MR) is 249 cm³/mol. The first kappa shape index (κ1) is 57.1. The molecule has 0 spiro atoms. The molecule has 0 bridgehead atoms. The number of likely N-dealkylation sites (N-methyl/N-ethyl adjacent to an activating group) is 1. The number of aliphatic hydroxyl groups excluding tert-OH is 1. The third kappa shape index (κ3) is 16.8. The highest BCUT2D eigenvalue weighted by Gasteiger charge is 2.39. The second-order valence-electron chi connectivity index (χ2n) is 17.8. The molecule has 1 aromatic heterocycles. The molecule has 0 aliphatic heterocycles. The Morgan fingerprint density at radius 3 is 2.03 bits per heavy atom. The van der Waals surface area contributed by atoms with Crippen LogP contribution in [0.25, 0.3) is 11.1 Å². The maximum absolute atomic E-state index is 15.3. The Morgan fingerprint density at radius 1 is 0.814 bits per heavy atom. The smallest absolute Gasteiger partial charge is 0.326 e. The van der Waals surface area contributed by atoms with E-state index in [1.165, 1.54) is 25.8 Å². The van der Waals surface area contributed by atoms with Gasteiger partial charge in [0.05, 0.1) is 18.5 Å². The fraction of sp³-hybridized carbons (Fsp3) is 0.468. The van der Waals surface area contributed by atoms with Crippen LogP contribution in [-0.2, 0) is 49.7 Å². The molecule has 21 nitrogen and oxygen atoms in total.